The van der Waals surface area contributed by atoms with Crippen LogP contribution in [0.4, 0.5) is 10.5 Å². The summed E-state index contributed by atoms with van der Waals surface area (Å²) in [6.45, 7) is -0.0685. The number of hydrogen-bond donors (Lipinski definition) is 1. The number of aliphatic hydroxyl groups is 1. The molecular weight excluding hydrogens is 232 g/mol. The average molecular weight is 251 g/mol. The topological polar surface area (TPSA) is 49.8 Å². The van der Waals surface area contributed by atoms with Gasteiger partial charge in [-0.05, 0) is 18.1 Å². The molecule has 5 heteroatoms. The standard InChI is InChI=1S/C13H19N2O3/c1-15(2,3)18-13(17)14-11(9-16)8-10-6-4-5-7-12(10)14/h4-7,11,16H,8-9H2,1-3H3/q+1/t11-/m0/s1. The van der Waals surface area contributed by atoms with Crippen molar-refractivity contribution < 1.29 is 19.4 Å². The fourth-order valence-corrected chi connectivity index (χ4v) is 2.13. The predicted molar refractivity (Wildman–Crippen MR) is 68.0 cm³/mol. The number of carbonyl (C=O) groups is 1. The second-order valence-electron chi connectivity index (χ2n) is 5.29. The van der Waals surface area contributed by atoms with Crippen molar-refractivity contribution in [2.45, 2.75) is 12.5 Å². The Morgan fingerprint density at radius 1 is 1.44 bits per heavy atom. The molecule has 0 radical (unpaired) electrons. The lowest BCUT2D eigenvalue weighted by atomic mass is 10.1. The molecule has 1 heterocycles. The Hall–Kier alpha value is -1.59. The molecule has 1 N–H and O–H groups in total. The number of carbonyl (C=O) groups excluding carboxylic acids is 1. The van der Waals surface area contributed by atoms with Crippen LogP contribution in [0.1, 0.15) is 5.56 Å². The van der Waals surface area contributed by atoms with Gasteiger partial charge in [0.2, 0.25) is 0 Å². The van der Waals surface area contributed by atoms with Crippen molar-refractivity contribution >= 4 is 11.8 Å². The van der Waals surface area contributed by atoms with Crippen LogP contribution < -0.4 is 4.90 Å². The zero-order valence-electron chi connectivity index (χ0n) is 11.0. The molecule has 1 aliphatic heterocycles. The van der Waals surface area contributed by atoms with Crippen molar-refractivity contribution in [2.24, 2.45) is 0 Å². The van der Waals surface area contributed by atoms with Crippen LogP contribution in [0, 0.1) is 0 Å². The third-order valence-corrected chi connectivity index (χ3v) is 2.83. The van der Waals surface area contributed by atoms with E-state index in [9.17, 15) is 9.90 Å². The number of para-hydroxylation sites is 1. The maximum Gasteiger partial charge on any atom is 0.469 e. The van der Waals surface area contributed by atoms with Crippen LogP contribution in [-0.4, -0.2) is 49.6 Å². The minimum Gasteiger partial charge on any atom is -0.394 e. The summed E-state index contributed by atoms with van der Waals surface area (Å²) >= 11 is 0. The van der Waals surface area contributed by atoms with Gasteiger partial charge in [0.05, 0.1) is 18.3 Å². The molecule has 1 aromatic carbocycles. The fraction of sp³-hybridized carbons (Fsp3) is 0.462. The van der Waals surface area contributed by atoms with E-state index < -0.39 is 6.09 Å². The van der Waals surface area contributed by atoms with Crippen LogP contribution in [-0.2, 0) is 11.3 Å². The fourth-order valence-electron chi connectivity index (χ4n) is 2.13. The maximum absolute atomic E-state index is 12.2. The molecule has 2 rings (SSSR count). The summed E-state index contributed by atoms with van der Waals surface area (Å²) in [4.78, 5) is 19.0. The SMILES string of the molecule is C[N+](C)(C)OC(=O)N1c2ccccc2C[C@H]1CO. The predicted octanol–water partition coefficient (Wildman–Crippen LogP) is 1.17. The molecule has 0 saturated heterocycles. The van der Waals surface area contributed by atoms with Crippen LogP contribution in [0.2, 0.25) is 0 Å². The van der Waals surface area contributed by atoms with E-state index in [1.54, 1.807) is 26.0 Å². The number of nitrogens with zero attached hydrogens (tertiary/aromatic N) is 2. The number of fused-ring (bicyclic) bond motifs is 1. The first-order valence-electron chi connectivity index (χ1n) is 5.95. The van der Waals surface area contributed by atoms with Crippen LogP contribution in [0.25, 0.3) is 0 Å². The highest BCUT2D eigenvalue weighted by Gasteiger charge is 2.36. The van der Waals surface area contributed by atoms with Gasteiger partial charge in [-0.15, -0.1) is 4.65 Å². The maximum atomic E-state index is 12.2. The van der Waals surface area contributed by atoms with Gasteiger partial charge < -0.3 is 5.11 Å². The molecule has 0 bridgehead atoms. The van der Waals surface area contributed by atoms with Crippen molar-refractivity contribution in [2.75, 3.05) is 32.6 Å². The Morgan fingerprint density at radius 2 is 2.11 bits per heavy atom. The van der Waals surface area contributed by atoms with Crippen LogP contribution in [0.15, 0.2) is 24.3 Å². The van der Waals surface area contributed by atoms with Gasteiger partial charge in [0.15, 0.2) is 0 Å². The van der Waals surface area contributed by atoms with E-state index >= 15 is 0 Å². The first-order valence-corrected chi connectivity index (χ1v) is 5.95. The van der Waals surface area contributed by atoms with E-state index in [4.69, 9.17) is 4.84 Å². The van der Waals surface area contributed by atoms with Crippen molar-refractivity contribution in [1.29, 1.82) is 0 Å². The van der Waals surface area contributed by atoms with Crippen molar-refractivity contribution in [3.8, 4) is 0 Å². The first-order chi connectivity index (χ1) is 8.42. The average Bonchev–Trinajstić information content (AvgIpc) is 2.64. The van der Waals surface area contributed by atoms with Gasteiger partial charge in [0.1, 0.15) is 21.1 Å². The second-order valence-corrected chi connectivity index (χ2v) is 5.29. The number of anilines is 1. The van der Waals surface area contributed by atoms with Gasteiger partial charge >= 0.3 is 6.09 Å². The Morgan fingerprint density at radius 3 is 2.72 bits per heavy atom. The molecule has 98 valence electrons. The molecule has 1 atom stereocenters. The molecule has 0 aromatic heterocycles. The molecule has 18 heavy (non-hydrogen) atoms. The molecule has 0 unspecified atom stereocenters. The third kappa shape index (κ3) is 2.47. The Balaban J connectivity index is 2.27. The van der Waals surface area contributed by atoms with Crippen molar-refractivity contribution in [3.05, 3.63) is 29.8 Å². The van der Waals surface area contributed by atoms with E-state index in [-0.39, 0.29) is 17.3 Å². The number of hydrogen-bond acceptors (Lipinski definition) is 3. The van der Waals surface area contributed by atoms with Crippen LogP contribution in [0.5, 0.6) is 0 Å². The summed E-state index contributed by atoms with van der Waals surface area (Å²) in [5.74, 6) is 0. The number of hydroxylamine groups is 3. The van der Waals surface area contributed by atoms with E-state index in [0.29, 0.717) is 6.42 Å². The van der Waals surface area contributed by atoms with E-state index in [2.05, 4.69) is 0 Å². The minimum atomic E-state index is -0.425. The van der Waals surface area contributed by atoms with Gasteiger partial charge in [0.25, 0.3) is 0 Å². The number of amides is 1. The van der Waals surface area contributed by atoms with Crippen LogP contribution in [0.3, 0.4) is 0 Å². The van der Waals surface area contributed by atoms with Gasteiger partial charge in [-0.1, -0.05) is 18.2 Å². The van der Waals surface area contributed by atoms with Gasteiger partial charge in [-0.25, -0.2) is 4.79 Å². The van der Waals surface area contributed by atoms with Gasteiger partial charge in [0, 0.05) is 0 Å². The monoisotopic (exact) mass is 251 g/mol. The zero-order chi connectivity index (χ0) is 13.3. The molecule has 0 spiro atoms. The van der Waals surface area contributed by atoms with Crippen LogP contribution >= 0.6 is 0 Å². The quantitative estimate of drug-likeness (QED) is 0.634. The lowest BCUT2D eigenvalue weighted by Gasteiger charge is -2.27. The van der Waals surface area contributed by atoms with E-state index in [0.717, 1.165) is 11.3 Å². The Kier molecular flexibility index (Phi) is 3.28. The zero-order valence-corrected chi connectivity index (χ0v) is 11.0. The number of aliphatic hydroxyl groups excluding tert-OH is 1. The normalized spacial score (nSPS) is 18.7. The summed E-state index contributed by atoms with van der Waals surface area (Å²) in [6, 6.07) is 7.42. The minimum absolute atomic E-state index is 0.0685. The number of benzene rings is 1. The van der Waals surface area contributed by atoms with E-state index in [1.165, 1.54) is 0 Å². The Bertz CT molecular complexity index is 454. The highest BCUT2D eigenvalue weighted by atomic mass is 16.8. The number of rotatable bonds is 2. The lowest BCUT2D eigenvalue weighted by molar-refractivity contribution is -1.04. The van der Waals surface area contributed by atoms with E-state index in [1.807, 2.05) is 24.3 Å². The Labute approximate surface area is 107 Å². The molecule has 1 amide bonds. The number of quaternary nitrogens is 1. The molecular formula is C13H19N2O3+. The summed E-state index contributed by atoms with van der Waals surface area (Å²) in [7, 11) is 5.31. The molecule has 0 fully saturated rings. The largest absolute Gasteiger partial charge is 0.469 e. The van der Waals surface area contributed by atoms with Gasteiger partial charge in [-0.2, -0.15) is 0 Å². The molecule has 0 aliphatic carbocycles. The molecule has 1 aliphatic rings. The highest BCUT2D eigenvalue weighted by molar-refractivity contribution is 5.90. The van der Waals surface area contributed by atoms with Crippen molar-refractivity contribution in [3.63, 3.8) is 0 Å². The molecule has 1 aromatic rings. The summed E-state index contributed by atoms with van der Waals surface area (Å²) < 4.78 is 0.0929. The summed E-state index contributed by atoms with van der Waals surface area (Å²) in [6.07, 6.45) is 0.241. The smallest absolute Gasteiger partial charge is 0.394 e. The molecule has 5 nitrogen and oxygen atoms in total. The molecule has 0 saturated carbocycles. The summed E-state index contributed by atoms with van der Waals surface area (Å²) in [5, 5.41) is 9.40. The van der Waals surface area contributed by atoms with Crippen molar-refractivity contribution in [1.82, 2.24) is 0 Å². The lowest BCUT2D eigenvalue weighted by Crippen LogP contribution is -2.47. The highest BCUT2D eigenvalue weighted by Crippen LogP contribution is 2.32. The first kappa shape index (κ1) is 12.9. The second kappa shape index (κ2) is 4.59. The van der Waals surface area contributed by atoms with Gasteiger partial charge in [-0.3, -0.25) is 9.74 Å². The third-order valence-electron chi connectivity index (χ3n) is 2.83. The summed E-state index contributed by atoms with van der Waals surface area (Å²) in [5.41, 5.74) is 1.89.